The summed E-state index contributed by atoms with van der Waals surface area (Å²) >= 11 is 0. The Bertz CT molecular complexity index is 53.1. The molecule has 0 aromatic heterocycles. The molecule has 1 heteroatoms. The van der Waals surface area contributed by atoms with Crippen molar-refractivity contribution in [2.75, 3.05) is 0 Å². The molecule has 0 atom stereocenters. The maximum atomic E-state index is 12.4. The molecule has 10 heavy (non-hydrogen) atoms. The molecule has 0 spiro atoms. The molecular weight excluding hydrogens is 127 g/mol. The van der Waals surface area contributed by atoms with Crippen LogP contribution in [0.25, 0.3) is 0 Å². The van der Waals surface area contributed by atoms with E-state index in [0.717, 1.165) is 31.6 Å². The van der Waals surface area contributed by atoms with Gasteiger partial charge in [0, 0.05) is 0 Å². The number of rotatable bonds is 0. The Morgan fingerprint density at radius 3 is 1.70 bits per heavy atom. The van der Waals surface area contributed by atoms with Crippen LogP contribution in [0.2, 0.25) is 0 Å². The second-order valence-corrected chi connectivity index (χ2v) is 2.86. The topological polar surface area (TPSA) is 0 Å². The second kappa shape index (κ2) is 5.70. The Kier molecular flexibility index (Phi) is 5.66. The summed E-state index contributed by atoms with van der Waals surface area (Å²) in [6.45, 7) is 6.20. The third-order valence-electron chi connectivity index (χ3n) is 1.95. The summed E-state index contributed by atoms with van der Waals surface area (Å²) in [7, 11) is 0. The van der Waals surface area contributed by atoms with E-state index in [9.17, 15) is 4.39 Å². The van der Waals surface area contributed by atoms with Crippen molar-refractivity contribution in [2.45, 2.75) is 52.6 Å². The van der Waals surface area contributed by atoms with E-state index < -0.39 is 6.17 Å². The normalized spacial score (nSPS) is 32.4. The van der Waals surface area contributed by atoms with Gasteiger partial charge in [-0.3, -0.25) is 0 Å². The van der Waals surface area contributed by atoms with E-state index in [1.807, 2.05) is 13.8 Å². The zero-order chi connectivity index (χ0) is 7.98. The maximum absolute atomic E-state index is 12.4. The summed E-state index contributed by atoms with van der Waals surface area (Å²) in [4.78, 5) is 0. The summed E-state index contributed by atoms with van der Waals surface area (Å²) in [5.74, 6) is 0.780. The van der Waals surface area contributed by atoms with E-state index in [1.165, 1.54) is 0 Å². The highest BCUT2D eigenvalue weighted by Crippen LogP contribution is 2.24. The van der Waals surface area contributed by atoms with Crippen LogP contribution in [0.15, 0.2) is 0 Å². The van der Waals surface area contributed by atoms with E-state index in [1.54, 1.807) is 0 Å². The van der Waals surface area contributed by atoms with Crippen LogP contribution in [-0.2, 0) is 0 Å². The highest BCUT2D eigenvalue weighted by Gasteiger charge is 2.16. The quantitative estimate of drug-likeness (QED) is 0.490. The van der Waals surface area contributed by atoms with Crippen LogP contribution in [0.1, 0.15) is 46.5 Å². The molecule has 0 bridgehead atoms. The minimum Gasteiger partial charge on any atom is -0.247 e. The Balaban J connectivity index is 0.000000371. The summed E-state index contributed by atoms with van der Waals surface area (Å²) in [5.41, 5.74) is 0. The third-order valence-corrected chi connectivity index (χ3v) is 1.95. The van der Waals surface area contributed by atoms with Crippen LogP contribution in [0.4, 0.5) is 4.39 Å². The fraction of sp³-hybridized carbons (Fsp3) is 1.00. The molecule has 0 radical (unpaired) electrons. The van der Waals surface area contributed by atoms with Gasteiger partial charge < -0.3 is 0 Å². The Hall–Kier alpha value is -0.0700. The third kappa shape index (κ3) is 3.86. The summed E-state index contributed by atoms with van der Waals surface area (Å²) in [5, 5.41) is 0. The van der Waals surface area contributed by atoms with Gasteiger partial charge >= 0.3 is 0 Å². The van der Waals surface area contributed by atoms with Gasteiger partial charge in [-0.2, -0.15) is 0 Å². The van der Waals surface area contributed by atoms with Gasteiger partial charge in [-0.05, 0) is 31.6 Å². The lowest BCUT2D eigenvalue weighted by molar-refractivity contribution is 0.215. The van der Waals surface area contributed by atoms with E-state index in [-0.39, 0.29) is 0 Å². The van der Waals surface area contributed by atoms with Crippen LogP contribution in [0, 0.1) is 5.92 Å². The standard InChI is InChI=1S/C7H13F.C2H6/c1-6-2-4-7(8)5-3-6;1-2/h6-7H,2-5H2,1H3;1-2H3. The fourth-order valence-corrected chi connectivity index (χ4v) is 1.22. The molecule has 1 aliphatic rings. The van der Waals surface area contributed by atoms with Gasteiger partial charge in [0.1, 0.15) is 6.17 Å². The molecule has 0 unspecified atom stereocenters. The van der Waals surface area contributed by atoms with Crippen molar-refractivity contribution in [3.8, 4) is 0 Å². The van der Waals surface area contributed by atoms with Crippen LogP contribution < -0.4 is 0 Å². The van der Waals surface area contributed by atoms with Crippen molar-refractivity contribution < 1.29 is 4.39 Å². The van der Waals surface area contributed by atoms with Crippen LogP contribution in [0.3, 0.4) is 0 Å². The molecular formula is C9H19F. The average Bonchev–Trinajstić information content (AvgIpc) is 2.00. The molecule has 0 heterocycles. The molecule has 0 aromatic carbocycles. The molecule has 62 valence electrons. The first-order chi connectivity index (χ1) is 4.79. The molecule has 1 saturated carbocycles. The first kappa shape index (κ1) is 9.93. The summed E-state index contributed by atoms with van der Waals surface area (Å²) in [6, 6.07) is 0. The lowest BCUT2D eigenvalue weighted by atomic mass is 9.90. The van der Waals surface area contributed by atoms with Crippen molar-refractivity contribution in [1.29, 1.82) is 0 Å². The minimum atomic E-state index is -0.480. The Morgan fingerprint density at radius 2 is 1.40 bits per heavy atom. The van der Waals surface area contributed by atoms with Gasteiger partial charge in [0.15, 0.2) is 0 Å². The highest BCUT2D eigenvalue weighted by atomic mass is 19.1. The Labute approximate surface area is 63.8 Å². The van der Waals surface area contributed by atoms with E-state index in [0.29, 0.717) is 0 Å². The first-order valence-electron chi connectivity index (χ1n) is 4.43. The van der Waals surface area contributed by atoms with Crippen LogP contribution >= 0.6 is 0 Å². The van der Waals surface area contributed by atoms with Gasteiger partial charge in [0.2, 0.25) is 0 Å². The molecule has 1 rings (SSSR count). The predicted molar refractivity (Wildman–Crippen MR) is 43.9 cm³/mol. The van der Waals surface area contributed by atoms with Crippen molar-refractivity contribution in [3.63, 3.8) is 0 Å². The molecule has 0 nitrogen and oxygen atoms in total. The zero-order valence-corrected chi connectivity index (χ0v) is 7.36. The van der Waals surface area contributed by atoms with Gasteiger partial charge in [0.25, 0.3) is 0 Å². The lowest BCUT2D eigenvalue weighted by Crippen LogP contribution is -2.11. The largest absolute Gasteiger partial charge is 0.247 e. The number of hydrogen-bond acceptors (Lipinski definition) is 0. The first-order valence-corrected chi connectivity index (χ1v) is 4.43. The maximum Gasteiger partial charge on any atom is 0.100 e. The Morgan fingerprint density at radius 1 is 1.00 bits per heavy atom. The van der Waals surface area contributed by atoms with Crippen molar-refractivity contribution in [2.24, 2.45) is 5.92 Å². The van der Waals surface area contributed by atoms with Gasteiger partial charge in [-0.1, -0.05) is 20.8 Å². The zero-order valence-electron chi connectivity index (χ0n) is 7.36. The lowest BCUT2D eigenvalue weighted by Gasteiger charge is -2.19. The number of halogens is 1. The highest BCUT2D eigenvalue weighted by molar-refractivity contribution is 4.67. The van der Waals surface area contributed by atoms with Gasteiger partial charge in [0.05, 0.1) is 0 Å². The second-order valence-electron chi connectivity index (χ2n) is 2.86. The molecule has 0 saturated heterocycles. The van der Waals surface area contributed by atoms with Gasteiger partial charge in [-0.25, -0.2) is 4.39 Å². The number of hydrogen-bond donors (Lipinski definition) is 0. The molecule has 0 N–H and O–H groups in total. The van der Waals surface area contributed by atoms with Gasteiger partial charge in [-0.15, -0.1) is 0 Å². The summed E-state index contributed by atoms with van der Waals surface area (Å²) in [6.07, 6.45) is 3.33. The SMILES string of the molecule is CC.CC1CCC(F)CC1. The van der Waals surface area contributed by atoms with E-state index >= 15 is 0 Å². The fourth-order valence-electron chi connectivity index (χ4n) is 1.22. The molecule has 0 amide bonds. The van der Waals surface area contributed by atoms with E-state index in [2.05, 4.69) is 6.92 Å². The average molecular weight is 146 g/mol. The monoisotopic (exact) mass is 146 g/mol. The summed E-state index contributed by atoms with van der Waals surface area (Å²) < 4.78 is 12.4. The van der Waals surface area contributed by atoms with E-state index in [4.69, 9.17) is 0 Å². The molecule has 0 aliphatic heterocycles. The molecule has 1 aliphatic carbocycles. The van der Waals surface area contributed by atoms with Crippen molar-refractivity contribution in [1.82, 2.24) is 0 Å². The van der Waals surface area contributed by atoms with Crippen molar-refractivity contribution >= 4 is 0 Å². The number of alkyl halides is 1. The predicted octanol–water partition coefficient (Wildman–Crippen LogP) is 3.56. The molecule has 0 aromatic rings. The minimum absolute atomic E-state index is 0.480. The van der Waals surface area contributed by atoms with Crippen LogP contribution in [0.5, 0.6) is 0 Å². The smallest absolute Gasteiger partial charge is 0.100 e. The van der Waals surface area contributed by atoms with Crippen LogP contribution in [-0.4, -0.2) is 6.17 Å². The molecule has 1 fully saturated rings. The van der Waals surface area contributed by atoms with Crippen molar-refractivity contribution in [3.05, 3.63) is 0 Å².